The van der Waals surface area contributed by atoms with Crippen LogP contribution in [0.4, 0.5) is 10.3 Å². The molecule has 0 radical (unpaired) electrons. The van der Waals surface area contributed by atoms with Gasteiger partial charge in [-0.15, -0.1) is 0 Å². The van der Waals surface area contributed by atoms with Crippen LogP contribution >= 0.6 is 0 Å². The molecule has 7 nitrogen and oxygen atoms in total. The van der Waals surface area contributed by atoms with E-state index in [0.717, 1.165) is 24.2 Å². The molecule has 0 bridgehead atoms. The van der Waals surface area contributed by atoms with Crippen LogP contribution in [-0.2, 0) is 6.54 Å². The van der Waals surface area contributed by atoms with Crippen molar-refractivity contribution in [2.75, 3.05) is 52.3 Å². The summed E-state index contributed by atoms with van der Waals surface area (Å²) in [5.41, 5.74) is 2.72. The maximum Gasteiger partial charge on any atom is 0.254 e. The summed E-state index contributed by atoms with van der Waals surface area (Å²) in [4.78, 5) is 19.5. The van der Waals surface area contributed by atoms with Crippen molar-refractivity contribution in [1.82, 2.24) is 15.0 Å². The number of halogens is 1. The first-order valence-electron chi connectivity index (χ1n) is 11.4. The molecule has 3 rings (SSSR count). The number of amides is 1. The summed E-state index contributed by atoms with van der Waals surface area (Å²) in [7, 11) is 5.54. The predicted octanol–water partition coefficient (Wildman–Crippen LogP) is 4.54. The summed E-state index contributed by atoms with van der Waals surface area (Å²) < 4.78 is 24.6. The standard InChI is InChI=1S/C26H33FN4O3/c1-6-30(7-2)26-23(24(28-34-26)19-8-12-21(27)13-9-19)18-31(17-16-29(3)4)25(32)20-10-14-22(33-5)15-11-20/h8-15H,6-7,16-18H2,1-5H3. The molecule has 1 amide bonds. The highest BCUT2D eigenvalue weighted by Gasteiger charge is 2.26. The van der Waals surface area contributed by atoms with Crippen molar-refractivity contribution >= 4 is 11.8 Å². The van der Waals surface area contributed by atoms with Gasteiger partial charge in [-0.05, 0) is 76.5 Å². The number of rotatable bonds is 11. The Balaban J connectivity index is 2.02. The van der Waals surface area contributed by atoms with Gasteiger partial charge in [-0.25, -0.2) is 4.39 Å². The predicted molar refractivity (Wildman–Crippen MR) is 132 cm³/mol. The molecule has 0 fully saturated rings. The highest BCUT2D eigenvalue weighted by molar-refractivity contribution is 5.94. The molecule has 0 aliphatic carbocycles. The average Bonchev–Trinajstić information content (AvgIpc) is 3.25. The molecule has 0 N–H and O–H groups in total. The van der Waals surface area contributed by atoms with Crippen LogP contribution in [0.25, 0.3) is 11.3 Å². The van der Waals surface area contributed by atoms with E-state index in [1.54, 1.807) is 48.4 Å². The quantitative estimate of drug-likeness (QED) is 0.412. The lowest BCUT2D eigenvalue weighted by atomic mass is 10.1. The van der Waals surface area contributed by atoms with Crippen molar-refractivity contribution in [3.8, 4) is 17.0 Å². The van der Waals surface area contributed by atoms with E-state index in [4.69, 9.17) is 9.26 Å². The number of hydrogen-bond donors (Lipinski definition) is 0. The zero-order valence-electron chi connectivity index (χ0n) is 20.5. The molecule has 0 spiro atoms. The molecular formula is C26H33FN4O3. The highest BCUT2D eigenvalue weighted by Crippen LogP contribution is 2.33. The first kappa shape index (κ1) is 25.2. The van der Waals surface area contributed by atoms with Crippen LogP contribution in [0.2, 0.25) is 0 Å². The van der Waals surface area contributed by atoms with Crippen molar-refractivity contribution in [2.24, 2.45) is 0 Å². The van der Waals surface area contributed by atoms with Crippen molar-refractivity contribution in [2.45, 2.75) is 20.4 Å². The molecule has 8 heteroatoms. The molecular weight excluding hydrogens is 435 g/mol. The minimum atomic E-state index is -0.319. The average molecular weight is 469 g/mol. The largest absolute Gasteiger partial charge is 0.497 e. The topological polar surface area (TPSA) is 62.1 Å². The Morgan fingerprint density at radius 3 is 2.21 bits per heavy atom. The van der Waals surface area contributed by atoms with E-state index in [1.807, 2.05) is 32.8 Å². The first-order chi connectivity index (χ1) is 16.4. The number of aromatic nitrogens is 1. The van der Waals surface area contributed by atoms with Crippen LogP contribution < -0.4 is 9.64 Å². The Kier molecular flexibility index (Phi) is 8.65. The molecule has 3 aromatic rings. The molecule has 0 unspecified atom stereocenters. The Hall–Kier alpha value is -3.39. The molecule has 1 aromatic heterocycles. The van der Waals surface area contributed by atoms with Crippen LogP contribution in [-0.4, -0.2) is 68.2 Å². The third-order valence-electron chi connectivity index (χ3n) is 5.73. The summed E-state index contributed by atoms with van der Waals surface area (Å²) in [5, 5.41) is 4.33. The maximum atomic E-state index is 13.6. The SMILES string of the molecule is CCN(CC)c1onc(-c2ccc(F)cc2)c1CN(CCN(C)C)C(=O)c1ccc(OC)cc1. The van der Waals surface area contributed by atoms with Gasteiger partial charge in [-0.1, -0.05) is 5.16 Å². The fourth-order valence-corrected chi connectivity index (χ4v) is 3.72. The smallest absolute Gasteiger partial charge is 0.254 e. The van der Waals surface area contributed by atoms with Gasteiger partial charge in [0.05, 0.1) is 19.2 Å². The number of hydrogen-bond acceptors (Lipinski definition) is 6. The first-order valence-corrected chi connectivity index (χ1v) is 11.4. The van der Waals surface area contributed by atoms with Gasteiger partial charge in [0.25, 0.3) is 5.91 Å². The van der Waals surface area contributed by atoms with Crippen LogP contribution in [0.1, 0.15) is 29.8 Å². The molecule has 0 atom stereocenters. The van der Waals surface area contributed by atoms with Gasteiger partial charge in [0.1, 0.15) is 17.3 Å². The number of ether oxygens (including phenoxy) is 1. The normalized spacial score (nSPS) is 11.0. The minimum absolute atomic E-state index is 0.0961. The van der Waals surface area contributed by atoms with Crippen LogP contribution in [0.5, 0.6) is 5.75 Å². The summed E-state index contributed by atoms with van der Waals surface area (Å²) in [6, 6.07) is 13.3. The fraction of sp³-hybridized carbons (Fsp3) is 0.385. The Morgan fingerprint density at radius 1 is 1.00 bits per heavy atom. The van der Waals surface area contributed by atoms with E-state index >= 15 is 0 Å². The molecule has 1 heterocycles. The third kappa shape index (κ3) is 5.94. The van der Waals surface area contributed by atoms with Crippen molar-refractivity contribution in [3.63, 3.8) is 0 Å². The Labute approximate surface area is 200 Å². The number of anilines is 1. The van der Waals surface area contributed by atoms with Gasteiger partial charge in [0, 0.05) is 37.3 Å². The van der Waals surface area contributed by atoms with E-state index in [2.05, 4.69) is 10.1 Å². The number of benzene rings is 2. The lowest BCUT2D eigenvalue weighted by Gasteiger charge is -2.26. The molecule has 0 aliphatic rings. The van der Waals surface area contributed by atoms with E-state index in [-0.39, 0.29) is 11.7 Å². The molecule has 0 aliphatic heterocycles. The molecule has 0 saturated carbocycles. The molecule has 182 valence electrons. The van der Waals surface area contributed by atoms with E-state index in [0.29, 0.717) is 42.5 Å². The van der Waals surface area contributed by atoms with Crippen LogP contribution in [0.15, 0.2) is 53.1 Å². The fourth-order valence-electron chi connectivity index (χ4n) is 3.72. The van der Waals surface area contributed by atoms with Crippen LogP contribution in [0, 0.1) is 5.82 Å². The summed E-state index contributed by atoms with van der Waals surface area (Å²) in [6.45, 7) is 7.06. The lowest BCUT2D eigenvalue weighted by Crippen LogP contribution is -2.36. The second-order valence-corrected chi connectivity index (χ2v) is 8.25. The lowest BCUT2D eigenvalue weighted by molar-refractivity contribution is 0.0732. The number of methoxy groups -OCH3 is 1. The Morgan fingerprint density at radius 2 is 1.65 bits per heavy atom. The highest BCUT2D eigenvalue weighted by atomic mass is 19.1. The third-order valence-corrected chi connectivity index (χ3v) is 5.73. The van der Waals surface area contributed by atoms with Gasteiger partial charge >= 0.3 is 0 Å². The van der Waals surface area contributed by atoms with Gasteiger partial charge in [-0.2, -0.15) is 0 Å². The van der Waals surface area contributed by atoms with Gasteiger partial charge in [0.2, 0.25) is 5.88 Å². The molecule has 34 heavy (non-hydrogen) atoms. The second-order valence-electron chi connectivity index (χ2n) is 8.25. The van der Waals surface area contributed by atoms with Crippen LogP contribution in [0.3, 0.4) is 0 Å². The van der Waals surface area contributed by atoms with E-state index in [9.17, 15) is 9.18 Å². The zero-order chi connectivity index (χ0) is 24.7. The van der Waals surface area contributed by atoms with Crippen molar-refractivity contribution < 1.29 is 18.4 Å². The van der Waals surface area contributed by atoms with Crippen molar-refractivity contribution in [3.05, 3.63) is 65.5 Å². The van der Waals surface area contributed by atoms with Gasteiger partial charge in [0.15, 0.2) is 0 Å². The van der Waals surface area contributed by atoms with E-state index in [1.165, 1.54) is 12.1 Å². The second kappa shape index (κ2) is 11.7. The Bertz CT molecular complexity index is 1060. The number of nitrogens with zero attached hydrogens (tertiary/aromatic N) is 4. The summed E-state index contributed by atoms with van der Waals surface area (Å²) >= 11 is 0. The minimum Gasteiger partial charge on any atom is -0.497 e. The van der Waals surface area contributed by atoms with Gasteiger partial charge < -0.3 is 24.0 Å². The molecule has 2 aromatic carbocycles. The summed E-state index contributed by atoms with van der Waals surface area (Å²) in [6.07, 6.45) is 0. The number of carbonyl (C=O) groups excluding carboxylic acids is 1. The van der Waals surface area contributed by atoms with Gasteiger partial charge in [-0.3, -0.25) is 4.79 Å². The maximum absolute atomic E-state index is 13.6. The zero-order valence-corrected chi connectivity index (χ0v) is 20.5. The van der Waals surface area contributed by atoms with E-state index < -0.39 is 0 Å². The number of likely N-dealkylation sites (N-methyl/N-ethyl adjacent to an activating group) is 1. The number of carbonyl (C=O) groups is 1. The molecule has 0 saturated heterocycles. The monoisotopic (exact) mass is 468 g/mol. The van der Waals surface area contributed by atoms with Crippen molar-refractivity contribution in [1.29, 1.82) is 0 Å². The summed E-state index contributed by atoms with van der Waals surface area (Å²) in [5.74, 6) is 0.904.